The maximum absolute atomic E-state index is 10.8. The van der Waals surface area contributed by atoms with Crippen LogP contribution in [0.5, 0.6) is 0 Å². The van der Waals surface area contributed by atoms with Gasteiger partial charge in [-0.25, -0.2) is 0 Å². The van der Waals surface area contributed by atoms with Crippen LogP contribution in [-0.2, 0) is 10.3 Å². The summed E-state index contributed by atoms with van der Waals surface area (Å²) in [7, 11) is 1.72. The van der Waals surface area contributed by atoms with E-state index in [1.54, 1.807) is 7.11 Å². The number of hydrogen-bond donors (Lipinski definition) is 2. The molecule has 0 radical (unpaired) electrons. The summed E-state index contributed by atoms with van der Waals surface area (Å²) in [6, 6.07) is 10.4. The largest absolute Gasteiger partial charge is 0.384 e. The molecular formula is C17H28N2O2. The van der Waals surface area contributed by atoms with Gasteiger partial charge in [0.25, 0.3) is 0 Å². The third kappa shape index (κ3) is 5.08. The first-order valence-electron chi connectivity index (χ1n) is 7.84. The Morgan fingerprint density at radius 1 is 1.38 bits per heavy atom. The highest BCUT2D eigenvalue weighted by Crippen LogP contribution is 2.22. The van der Waals surface area contributed by atoms with Gasteiger partial charge in [0.05, 0.1) is 12.2 Å². The number of nitrogens with one attached hydrogen (secondary N) is 1. The molecule has 1 saturated heterocycles. The summed E-state index contributed by atoms with van der Waals surface area (Å²) in [5.74, 6) is 0. The van der Waals surface area contributed by atoms with Crippen LogP contribution in [-0.4, -0.2) is 55.9 Å². The average molecular weight is 292 g/mol. The Balaban J connectivity index is 1.98. The van der Waals surface area contributed by atoms with Crippen molar-refractivity contribution in [2.45, 2.75) is 31.4 Å². The smallest absolute Gasteiger partial charge is 0.0994 e. The molecule has 21 heavy (non-hydrogen) atoms. The summed E-state index contributed by atoms with van der Waals surface area (Å²) in [6.07, 6.45) is 2.47. The van der Waals surface area contributed by atoms with Crippen molar-refractivity contribution in [1.29, 1.82) is 0 Å². The molecule has 1 aliphatic rings. The van der Waals surface area contributed by atoms with E-state index in [9.17, 15) is 5.11 Å². The molecule has 0 spiro atoms. The van der Waals surface area contributed by atoms with E-state index in [1.165, 1.54) is 12.8 Å². The first-order valence-corrected chi connectivity index (χ1v) is 7.84. The molecule has 2 N–H and O–H groups in total. The Kier molecular flexibility index (Phi) is 6.18. The van der Waals surface area contributed by atoms with Crippen molar-refractivity contribution in [2.75, 3.05) is 39.9 Å². The number of benzene rings is 1. The van der Waals surface area contributed by atoms with Crippen LogP contribution < -0.4 is 5.32 Å². The third-order valence-corrected chi connectivity index (χ3v) is 4.18. The van der Waals surface area contributed by atoms with Gasteiger partial charge >= 0.3 is 0 Å². The summed E-state index contributed by atoms with van der Waals surface area (Å²) in [5, 5.41) is 14.4. The average Bonchev–Trinajstić information content (AvgIpc) is 2.98. The molecule has 4 heteroatoms. The van der Waals surface area contributed by atoms with Gasteiger partial charge in [0.15, 0.2) is 0 Å². The van der Waals surface area contributed by atoms with Gasteiger partial charge in [0, 0.05) is 32.8 Å². The van der Waals surface area contributed by atoms with E-state index in [2.05, 4.69) is 10.2 Å². The Morgan fingerprint density at radius 3 is 2.76 bits per heavy atom. The predicted octanol–water partition coefficient (Wildman–Crippen LogP) is 1.59. The molecule has 1 fully saturated rings. The lowest BCUT2D eigenvalue weighted by Gasteiger charge is -2.33. The molecule has 0 aliphatic carbocycles. The Hall–Kier alpha value is -0.940. The molecule has 2 unspecified atom stereocenters. The highest BCUT2D eigenvalue weighted by atomic mass is 16.5. The van der Waals surface area contributed by atoms with E-state index in [-0.39, 0.29) is 0 Å². The van der Waals surface area contributed by atoms with E-state index in [0.717, 1.165) is 25.2 Å². The van der Waals surface area contributed by atoms with Crippen molar-refractivity contribution in [3.8, 4) is 0 Å². The summed E-state index contributed by atoms with van der Waals surface area (Å²) < 4.78 is 5.21. The second-order valence-electron chi connectivity index (χ2n) is 6.16. The van der Waals surface area contributed by atoms with Crippen molar-refractivity contribution >= 4 is 0 Å². The van der Waals surface area contributed by atoms with Crippen LogP contribution in [0.2, 0.25) is 0 Å². The number of ether oxygens (including phenoxy) is 1. The zero-order valence-corrected chi connectivity index (χ0v) is 13.2. The second-order valence-corrected chi connectivity index (χ2v) is 6.16. The van der Waals surface area contributed by atoms with Crippen LogP contribution >= 0.6 is 0 Å². The molecule has 1 aromatic carbocycles. The molecule has 2 atom stereocenters. The minimum Gasteiger partial charge on any atom is -0.384 e. The fourth-order valence-electron chi connectivity index (χ4n) is 3.00. The molecule has 0 bridgehead atoms. The highest BCUT2D eigenvalue weighted by Gasteiger charge is 2.27. The van der Waals surface area contributed by atoms with E-state index in [1.807, 2.05) is 37.3 Å². The lowest BCUT2D eigenvalue weighted by Crippen LogP contribution is -2.45. The van der Waals surface area contributed by atoms with Crippen LogP contribution in [0.3, 0.4) is 0 Å². The molecule has 0 saturated carbocycles. The summed E-state index contributed by atoms with van der Waals surface area (Å²) >= 11 is 0. The second kappa shape index (κ2) is 7.90. The first kappa shape index (κ1) is 16.4. The van der Waals surface area contributed by atoms with Crippen molar-refractivity contribution in [3.05, 3.63) is 35.9 Å². The molecule has 118 valence electrons. The van der Waals surface area contributed by atoms with E-state index in [0.29, 0.717) is 19.2 Å². The van der Waals surface area contributed by atoms with Crippen LogP contribution in [0.25, 0.3) is 0 Å². The van der Waals surface area contributed by atoms with Crippen molar-refractivity contribution in [2.24, 2.45) is 0 Å². The van der Waals surface area contributed by atoms with Gasteiger partial charge < -0.3 is 15.2 Å². The van der Waals surface area contributed by atoms with Gasteiger partial charge in [-0.3, -0.25) is 4.90 Å². The van der Waals surface area contributed by atoms with Gasteiger partial charge in [0.2, 0.25) is 0 Å². The van der Waals surface area contributed by atoms with Gasteiger partial charge in [0.1, 0.15) is 0 Å². The van der Waals surface area contributed by atoms with Crippen LogP contribution in [0.1, 0.15) is 25.3 Å². The maximum atomic E-state index is 10.8. The monoisotopic (exact) mass is 292 g/mol. The first-order chi connectivity index (χ1) is 10.1. The van der Waals surface area contributed by atoms with Crippen LogP contribution in [0, 0.1) is 0 Å². The fraction of sp³-hybridized carbons (Fsp3) is 0.647. The maximum Gasteiger partial charge on any atom is 0.0994 e. The van der Waals surface area contributed by atoms with Crippen LogP contribution in [0.15, 0.2) is 30.3 Å². The SMILES string of the molecule is COCCN(CC1CCCN1)CC(C)(O)c1ccccc1. The molecule has 2 rings (SSSR count). The number of methoxy groups -OCH3 is 1. The number of rotatable bonds is 8. The zero-order valence-electron chi connectivity index (χ0n) is 13.2. The minimum absolute atomic E-state index is 0.536. The minimum atomic E-state index is -0.840. The highest BCUT2D eigenvalue weighted by molar-refractivity contribution is 5.21. The van der Waals surface area contributed by atoms with Gasteiger partial charge in [-0.2, -0.15) is 0 Å². The quantitative estimate of drug-likeness (QED) is 0.764. The predicted molar refractivity (Wildman–Crippen MR) is 85.4 cm³/mol. The number of aliphatic hydroxyl groups is 1. The van der Waals surface area contributed by atoms with E-state index >= 15 is 0 Å². The van der Waals surface area contributed by atoms with Gasteiger partial charge in [-0.15, -0.1) is 0 Å². The molecule has 0 aromatic heterocycles. The van der Waals surface area contributed by atoms with E-state index < -0.39 is 5.60 Å². The lowest BCUT2D eigenvalue weighted by molar-refractivity contribution is 0.00677. The standard InChI is InChI=1S/C17H28N2O2/c1-17(20,15-7-4-3-5-8-15)14-19(11-12-21-2)13-16-9-6-10-18-16/h3-5,7-8,16,18,20H,6,9-14H2,1-2H3. The Bertz CT molecular complexity index is 403. The van der Waals surface area contributed by atoms with E-state index in [4.69, 9.17) is 4.74 Å². The number of hydrogen-bond acceptors (Lipinski definition) is 4. The van der Waals surface area contributed by atoms with Crippen molar-refractivity contribution in [3.63, 3.8) is 0 Å². The lowest BCUT2D eigenvalue weighted by atomic mass is 9.95. The molecule has 1 heterocycles. The van der Waals surface area contributed by atoms with Crippen molar-refractivity contribution < 1.29 is 9.84 Å². The molecule has 1 aromatic rings. The summed E-state index contributed by atoms with van der Waals surface area (Å²) in [6.45, 7) is 6.13. The fourth-order valence-corrected chi connectivity index (χ4v) is 3.00. The normalized spacial score (nSPS) is 21.6. The summed E-state index contributed by atoms with van der Waals surface area (Å²) in [4.78, 5) is 2.31. The molecule has 4 nitrogen and oxygen atoms in total. The topological polar surface area (TPSA) is 44.7 Å². The third-order valence-electron chi connectivity index (χ3n) is 4.18. The van der Waals surface area contributed by atoms with Gasteiger partial charge in [-0.05, 0) is 31.9 Å². The number of nitrogens with zero attached hydrogens (tertiary/aromatic N) is 1. The Morgan fingerprint density at radius 2 is 2.14 bits per heavy atom. The molecule has 0 amide bonds. The summed E-state index contributed by atoms with van der Waals surface area (Å²) in [5.41, 5.74) is 0.125. The van der Waals surface area contributed by atoms with Crippen molar-refractivity contribution in [1.82, 2.24) is 10.2 Å². The van der Waals surface area contributed by atoms with Crippen LogP contribution in [0.4, 0.5) is 0 Å². The Labute approximate surface area is 128 Å². The zero-order chi connectivity index (χ0) is 15.1. The molecular weight excluding hydrogens is 264 g/mol. The van der Waals surface area contributed by atoms with Gasteiger partial charge in [-0.1, -0.05) is 30.3 Å². The molecule has 1 aliphatic heterocycles.